The van der Waals surface area contributed by atoms with Crippen molar-refractivity contribution in [2.24, 2.45) is 5.92 Å². The van der Waals surface area contributed by atoms with Gasteiger partial charge >= 0.3 is 5.69 Å². The highest BCUT2D eigenvalue weighted by Crippen LogP contribution is 2.29. The molecule has 0 unspecified atom stereocenters. The molecule has 9 heteroatoms. The Labute approximate surface area is 207 Å². The summed E-state index contributed by atoms with van der Waals surface area (Å²) in [6, 6.07) is 15.6. The molecular formula is C27H27N7O2. The third-order valence-corrected chi connectivity index (χ3v) is 6.34. The van der Waals surface area contributed by atoms with Crippen LogP contribution in [0.5, 0.6) is 0 Å². The average Bonchev–Trinajstić information content (AvgIpc) is 3.44. The van der Waals surface area contributed by atoms with Crippen LogP contribution in [0.25, 0.3) is 39.2 Å². The number of anilines is 1. The number of nitrogens with one attached hydrogen (secondary N) is 4. The monoisotopic (exact) mass is 481 g/mol. The molecule has 1 saturated carbocycles. The molecule has 3 heterocycles. The maximum atomic E-state index is 12.4. The van der Waals surface area contributed by atoms with Gasteiger partial charge in [0.25, 0.3) is 5.91 Å². The lowest BCUT2D eigenvalue weighted by atomic mass is 10.1. The first-order chi connectivity index (χ1) is 17.4. The number of carbonyl (C=O) groups excluding carboxylic acids is 1. The first kappa shape index (κ1) is 22.1. The number of aromatic amines is 2. The zero-order valence-electron chi connectivity index (χ0n) is 20.1. The fraction of sp³-hybridized carbons (Fsp3) is 0.259. The summed E-state index contributed by atoms with van der Waals surface area (Å²) in [5, 5.41) is 11.5. The summed E-state index contributed by atoms with van der Waals surface area (Å²) < 4.78 is 1.83. The highest BCUT2D eigenvalue weighted by Gasteiger charge is 2.24. The number of benzene rings is 2. The lowest BCUT2D eigenvalue weighted by Crippen LogP contribution is -2.25. The molecule has 0 radical (unpaired) electrons. The maximum Gasteiger partial charge on any atom is 0.323 e. The molecule has 0 saturated heterocycles. The minimum absolute atomic E-state index is 0.0408. The van der Waals surface area contributed by atoms with Crippen molar-refractivity contribution in [3.63, 3.8) is 0 Å². The van der Waals surface area contributed by atoms with Crippen LogP contribution < -0.4 is 16.3 Å². The van der Waals surface area contributed by atoms with E-state index in [1.54, 1.807) is 6.20 Å². The van der Waals surface area contributed by atoms with Gasteiger partial charge in [-0.1, -0.05) is 32.0 Å². The second-order valence-electron chi connectivity index (χ2n) is 9.76. The maximum absolute atomic E-state index is 12.4. The number of hydrogen-bond acceptors (Lipinski definition) is 5. The molecule has 182 valence electrons. The number of amides is 1. The van der Waals surface area contributed by atoms with E-state index in [9.17, 15) is 9.59 Å². The van der Waals surface area contributed by atoms with Crippen LogP contribution in [0.2, 0.25) is 0 Å². The summed E-state index contributed by atoms with van der Waals surface area (Å²) in [5.74, 6) is 0.410. The largest absolute Gasteiger partial charge is 0.382 e. The highest BCUT2D eigenvalue weighted by atomic mass is 16.2. The van der Waals surface area contributed by atoms with Gasteiger partial charge in [0.2, 0.25) is 0 Å². The fourth-order valence-corrected chi connectivity index (χ4v) is 4.23. The number of hydrogen-bond donors (Lipinski definition) is 4. The molecule has 5 aromatic rings. The van der Waals surface area contributed by atoms with Crippen molar-refractivity contribution in [3.05, 3.63) is 70.8 Å². The van der Waals surface area contributed by atoms with E-state index in [0.717, 1.165) is 64.3 Å². The van der Waals surface area contributed by atoms with Crippen molar-refractivity contribution in [3.8, 4) is 22.5 Å². The molecule has 9 nitrogen and oxygen atoms in total. The smallest absolute Gasteiger partial charge is 0.323 e. The van der Waals surface area contributed by atoms with Gasteiger partial charge < -0.3 is 20.6 Å². The van der Waals surface area contributed by atoms with Crippen LogP contribution in [-0.2, 0) is 0 Å². The third kappa shape index (κ3) is 4.24. The zero-order valence-corrected chi connectivity index (χ0v) is 20.1. The molecular weight excluding hydrogens is 454 g/mol. The van der Waals surface area contributed by atoms with Gasteiger partial charge in [-0.25, -0.2) is 14.3 Å². The van der Waals surface area contributed by atoms with Crippen molar-refractivity contribution < 1.29 is 4.79 Å². The molecule has 1 aliphatic carbocycles. The summed E-state index contributed by atoms with van der Waals surface area (Å²) in [6.07, 6.45) is 3.92. The summed E-state index contributed by atoms with van der Waals surface area (Å²) in [5.41, 5.74) is 6.83. The van der Waals surface area contributed by atoms with Gasteiger partial charge in [-0.2, -0.15) is 5.10 Å². The number of nitrogens with zero attached hydrogens (tertiary/aromatic N) is 3. The Bertz CT molecular complexity index is 1640. The second-order valence-corrected chi connectivity index (χ2v) is 9.76. The van der Waals surface area contributed by atoms with Gasteiger partial charge in [0, 0.05) is 29.3 Å². The van der Waals surface area contributed by atoms with E-state index in [1.807, 2.05) is 53.0 Å². The summed E-state index contributed by atoms with van der Waals surface area (Å²) >= 11 is 0. The van der Waals surface area contributed by atoms with Gasteiger partial charge in [0.1, 0.15) is 0 Å². The Morgan fingerprint density at radius 1 is 1.06 bits per heavy atom. The minimum atomic E-state index is -0.240. The van der Waals surface area contributed by atoms with Crippen LogP contribution in [0.4, 0.5) is 5.69 Å². The Morgan fingerprint density at radius 2 is 1.81 bits per heavy atom. The first-order valence-electron chi connectivity index (χ1n) is 12.2. The number of imidazole rings is 2. The lowest BCUT2D eigenvalue weighted by molar-refractivity contribution is 0.0951. The van der Waals surface area contributed by atoms with Crippen LogP contribution in [-0.4, -0.2) is 43.1 Å². The number of carbonyl (C=O) groups is 1. The quantitative estimate of drug-likeness (QED) is 0.278. The van der Waals surface area contributed by atoms with Crippen LogP contribution in [0.15, 0.2) is 59.5 Å². The minimum Gasteiger partial charge on any atom is -0.382 e. The van der Waals surface area contributed by atoms with E-state index in [0.29, 0.717) is 17.5 Å². The van der Waals surface area contributed by atoms with Gasteiger partial charge in [-0.05, 0) is 49.1 Å². The molecule has 1 amide bonds. The number of aromatic nitrogens is 5. The van der Waals surface area contributed by atoms with Gasteiger partial charge in [-0.3, -0.25) is 4.79 Å². The van der Waals surface area contributed by atoms with Crippen molar-refractivity contribution in [2.45, 2.75) is 32.7 Å². The zero-order chi connectivity index (χ0) is 24.8. The van der Waals surface area contributed by atoms with Crippen LogP contribution >= 0.6 is 0 Å². The lowest BCUT2D eigenvalue weighted by Gasteiger charge is -2.13. The van der Waals surface area contributed by atoms with E-state index >= 15 is 0 Å². The normalized spacial score (nSPS) is 13.5. The topological polar surface area (TPSA) is 120 Å². The van der Waals surface area contributed by atoms with Crippen LogP contribution in [0.3, 0.4) is 0 Å². The summed E-state index contributed by atoms with van der Waals surface area (Å²) in [7, 11) is 0. The Morgan fingerprint density at radius 3 is 2.56 bits per heavy atom. The molecule has 2 aromatic carbocycles. The highest BCUT2D eigenvalue weighted by molar-refractivity contribution is 5.95. The van der Waals surface area contributed by atoms with Crippen molar-refractivity contribution >= 4 is 28.3 Å². The summed E-state index contributed by atoms with van der Waals surface area (Å²) in [4.78, 5) is 34.4. The van der Waals surface area contributed by atoms with Crippen LogP contribution in [0, 0.1) is 5.92 Å². The molecule has 1 fully saturated rings. The van der Waals surface area contributed by atoms with E-state index in [4.69, 9.17) is 5.10 Å². The predicted molar refractivity (Wildman–Crippen MR) is 140 cm³/mol. The second kappa shape index (κ2) is 8.67. The van der Waals surface area contributed by atoms with Gasteiger partial charge in [0.15, 0.2) is 5.65 Å². The van der Waals surface area contributed by atoms with E-state index < -0.39 is 0 Å². The molecule has 6 rings (SSSR count). The van der Waals surface area contributed by atoms with Crippen molar-refractivity contribution in [1.29, 1.82) is 0 Å². The van der Waals surface area contributed by atoms with Crippen molar-refractivity contribution in [2.75, 3.05) is 11.9 Å². The number of rotatable bonds is 7. The molecule has 0 spiro atoms. The number of H-pyrrole nitrogens is 2. The van der Waals surface area contributed by atoms with Crippen LogP contribution in [0.1, 0.15) is 37.0 Å². The molecule has 36 heavy (non-hydrogen) atoms. The molecule has 4 N–H and O–H groups in total. The molecule has 3 aromatic heterocycles. The summed E-state index contributed by atoms with van der Waals surface area (Å²) in [6.45, 7) is 5.09. The fourth-order valence-electron chi connectivity index (χ4n) is 4.23. The Hall–Kier alpha value is -4.40. The molecule has 0 atom stereocenters. The Balaban J connectivity index is 1.43. The average molecular weight is 482 g/mol. The van der Waals surface area contributed by atoms with E-state index in [2.05, 4.69) is 39.4 Å². The van der Waals surface area contributed by atoms with Crippen molar-refractivity contribution in [1.82, 2.24) is 29.9 Å². The third-order valence-electron chi connectivity index (χ3n) is 6.34. The first-order valence-corrected chi connectivity index (χ1v) is 12.2. The molecule has 0 bridgehead atoms. The Kier molecular flexibility index (Phi) is 5.32. The molecule has 1 aliphatic rings. The van der Waals surface area contributed by atoms with E-state index in [-0.39, 0.29) is 11.6 Å². The SMILES string of the molecule is CC(C)CNc1cc(-c2ccc3[nH]c(=O)[nH]c3c2)nn2c(-c3ccc(C(=O)NC4CC4)cc3)cnc12. The van der Waals surface area contributed by atoms with Gasteiger partial charge in [0.05, 0.1) is 34.3 Å². The standard InChI is InChI=1S/C27H27N7O2/c1-15(2)13-28-23-12-21(18-7-10-20-22(11-18)32-27(36)31-20)33-34-24(14-29-25(23)34)16-3-5-17(6-4-16)26(35)30-19-8-9-19/h3-7,10-12,14-15,19,28H,8-9,13H2,1-2H3,(H,30,35)(H2,31,32,36). The predicted octanol–water partition coefficient (Wildman–Crippen LogP) is 4.19. The van der Waals surface area contributed by atoms with Gasteiger partial charge in [-0.15, -0.1) is 0 Å². The van der Waals surface area contributed by atoms with E-state index in [1.165, 1.54) is 0 Å². The molecule has 0 aliphatic heterocycles. The number of fused-ring (bicyclic) bond motifs is 2.